The molecule has 2 unspecified atom stereocenters. The van der Waals surface area contributed by atoms with Crippen molar-refractivity contribution in [1.82, 2.24) is 9.88 Å². The molecule has 3 nitrogen and oxygen atoms in total. The fraction of sp³-hybridized carbons (Fsp3) is 0.722. The highest BCUT2D eigenvalue weighted by Crippen LogP contribution is 2.42. The molecule has 0 bridgehead atoms. The van der Waals surface area contributed by atoms with Gasteiger partial charge in [0.25, 0.3) is 0 Å². The van der Waals surface area contributed by atoms with E-state index in [9.17, 15) is 5.11 Å². The van der Waals surface area contributed by atoms with Gasteiger partial charge in [-0.15, -0.1) is 0 Å². The molecule has 1 fully saturated rings. The van der Waals surface area contributed by atoms with E-state index in [4.69, 9.17) is 0 Å². The van der Waals surface area contributed by atoms with Gasteiger partial charge >= 0.3 is 0 Å². The van der Waals surface area contributed by atoms with Crippen molar-refractivity contribution >= 4 is 0 Å². The molecule has 2 aliphatic rings. The Balaban J connectivity index is 1.79. The third kappa shape index (κ3) is 3.14. The van der Waals surface area contributed by atoms with Crippen LogP contribution in [-0.4, -0.2) is 40.2 Å². The zero-order valence-corrected chi connectivity index (χ0v) is 13.2. The Morgan fingerprint density at radius 1 is 1.33 bits per heavy atom. The molecule has 1 aromatic rings. The number of hydrogen-bond acceptors (Lipinski definition) is 3. The molecular formula is C18H28N2O. The Morgan fingerprint density at radius 2 is 2.24 bits per heavy atom. The van der Waals surface area contributed by atoms with E-state index in [1.165, 1.54) is 24.1 Å². The number of pyridine rings is 1. The van der Waals surface area contributed by atoms with E-state index in [1.807, 2.05) is 12.3 Å². The van der Waals surface area contributed by atoms with Crippen LogP contribution in [0, 0.1) is 0 Å². The van der Waals surface area contributed by atoms with Crippen molar-refractivity contribution in [2.75, 3.05) is 19.6 Å². The summed E-state index contributed by atoms with van der Waals surface area (Å²) < 4.78 is 0. The molecule has 2 atom stereocenters. The van der Waals surface area contributed by atoms with E-state index >= 15 is 0 Å². The van der Waals surface area contributed by atoms with Gasteiger partial charge < -0.3 is 10.0 Å². The monoisotopic (exact) mass is 288 g/mol. The molecule has 1 aliphatic carbocycles. The van der Waals surface area contributed by atoms with Gasteiger partial charge in [0.05, 0.1) is 5.60 Å². The van der Waals surface area contributed by atoms with Crippen molar-refractivity contribution in [3.8, 4) is 0 Å². The van der Waals surface area contributed by atoms with E-state index in [0.29, 0.717) is 0 Å². The molecule has 21 heavy (non-hydrogen) atoms. The third-order valence-corrected chi connectivity index (χ3v) is 5.33. The predicted molar refractivity (Wildman–Crippen MR) is 85.4 cm³/mol. The molecule has 3 rings (SSSR count). The van der Waals surface area contributed by atoms with Crippen molar-refractivity contribution < 1.29 is 5.11 Å². The first kappa shape index (κ1) is 15.0. The lowest BCUT2D eigenvalue weighted by molar-refractivity contribution is -0.00856. The molecule has 0 radical (unpaired) electrons. The van der Waals surface area contributed by atoms with Crippen LogP contribution >= 0.6 is 0 Å². The predicted octanol–water partition coefficient (Wildman–Crippen LogP) is 3.13. The molecule has 1 aromatic heterocycles. The lowest BCUT2D eigenvalue weighted by Gasteiger charge is -2.38. The minimum atomic E-state index is -0.550. The second kappa shape index (κ2) is 6.45. The maximum Gasteiger partial charge on any atom is 0.0743 e. The standard InChI is InChI=1S/C18H28N2O/c1-2-12-20-13-5-9-18(21,10-14-20)16-8-3-6-15-7-4-11-19-17(15)16/h4,7,11,16,21H,2-3,5-6,8-10,12-14H2,1H3. The Bertz CT molecular complexity index is 476. The van der Waals surface area contributed by atoms with Crippen molar-refractivity contribution in [2.24, 2.45) is 0 Å². The number of rotatable bonds is 3. The van der Waals surface area contributed by atoms with Gasteiger partial charge in [0, 0.05) is 24.4 Å². The molecule has 0 spiro atoms. The maximum absolute atomic E-state index is 11.3. The first-order chi connectivity index (χ1) is 10.2. The summed E-state index contributed by atoms with van der Waals surface area (Å²) >= 11 is 0. The average molecular weight is 288 g/mol. The molecule has 0 amide bonds. The zero-order chi connectivity index (χ0) is 14.7. The number of aromatic nitrogens is 1. The number of aliphatic hydroxyl groups is 1. The lowest BCUT2D eigenvalue weighted by atomic mass is 9.72. The minimum absolute atomic E-state index is 0.240. The fourth-order valence-electron chi connectivity index (χ4n) is 4.22. The van der Waals surface area contributed by atoms with E-state index in [-0.39, 0.29) is 5.92 Å². The number of fused-ring (bicyclic) bond motifs is 1. The summed E-state index contributed by atoms with van der Waals surface area (Å²) in [5.41, 5.74) is 1.98. The van der Waals surface area contributed by atoms with Crippen molar-refractivity contribution in [3.63, 3.8) is 0 Å². The summed E-state index contributed by atoms with van der Waals surface area (Å²) in [5.74, 6) is 0.240. The maximum atomic E-state index is 11.3. The number of likely N-dealkylation sites (tertiary alicyclic amines) is 1. The van der Waals surface area contributed by atoms with Gasteiger partial charge in [-0.05, 0) is 69.7 Å². The minimum Gasteiger partial charge on any atom is -0.389 e. The van der Waals surface area contributed by atoms with Gasteiger partial charge in [-0.3, -0.25) is 4.98 Å². The normalized spacial score (nSPS) is 30.7. The first-order valence-corrected chi connectivity index (χ1v) is 8.61. The largest absolute Gasteiger partial charge is 0.389 e. The Morgan fingerprint density at radius 3 is 3.10 bits per heavy atom. The van der Waals surface area contributed by atoms with Crippen LogP contribution in [0.15, 0.2) is 18.3 Å². The van der Waals surface area contributed by atoms with Crippen LogP contribution in [0.25, 0.3) is 0 Å². The zero-order valence-electron chi connectivity index (χ0n) is 13.2. The average Bonchev–Trinajstić information content (AvgIpc) is 2.70. The van der Waals surface area contributed by atoms with Gasteiger partial charge in [0.2, 0.25) is 0 Å². The molecule has 0 saturated carbocycles. The fourth-order valence-corrected chi connectivity index (χ4v) is 4.22. The third-order valence-electron chi connectivity index (χ3n) is 5.33. The highest BCUT2D eigenvalue weighted by Gasteiger charge is 2.41. The van der Waals surface area contributed by atoms with Crippen LogP contribution in [0.3, 0.4) is 0 Å². The molecule has 2 heterocycles. The smallest absolute Gasteiger partial charge is 0.0743 e. The molecule has 1 N–H and O–H groups in total. The molecule has 0 aromatic carbocycles. The van der Waals surface area contributed by atoms with Gasteiger partial charge in [-0.1, -0.05) is 13.0 Å². The Labute approximate surface area is 128 Å². The number of nitrogens with zero attached hydrogens (tertiary/aromatic N) is 2. The second-order valence-electron chi connectivity index (χ2n) is 6.79. The molecule has 1 saturated heterocycles. The van der Waals surface area contributed by atoms with E-state index in [2.05, 4.69) is 22.9 Å². The quantitative estimate of drug-likeness (QED) is 0.928. The molecule has 116 valence electrons. The van der Waals surface area contributed by atoms with E-state index < -0.39 is 5.60 Å². The van der Waals surface area contributed by atoms with Crippen LogP contribution in [-0.2, 0) is 6.42 Å². The van der Waals surface area contributed by atoms with Gasteiger partial charge in [0.1, 0.15) is 0 Å². The summed E-state index contributed by atoms with van der Waals surface area (Å²) in [7, 11) is 0. The SMILES string of the molecule is CCCN1CCCC(O)(C2CCCc3cccnc32)CC1. The lowest BCUT2D eigenvalue weighted by Crippen LogP contribution is -2.39. The summed E-state index contributed by atoms with van der Waals surface area (Å²) in [6.45, 7) is 5.56. The van der Waals surface area contributed by atoms with Crippen molar-refractivity contribution in [1.29, 1.82) is 0 Å². The highest BCUT2D eigenvalue weighted by molar-refractivity contribution is 5.28. The van der Waals surface area contributed by atoms with Crippen molar-refractivity contribution in [3.05, 3.63) is 29.6 Å². The second-order valence-corrected chi connectivity index (χ2v) is 6.79. The number of hydrogen-bond donors (Lipinski definition) is 1. The molecule has 3 heteroatoms. The van der Waals surface area contributed by atoms with Crippen LogP contribution in [0.2, 0.25) is 0 Å². The molecule has 1 aliphatic heterocycles. The van der Waals surface area contributed by atoms with Crippen molar-refractivity contribution in [2.45, 2.75) is 63.4 Å². The first-order valence-electron chi connectivity index (χ1n) is 8.61. The van der Waals surface area contributed by atoms with Gasteiger partial charge in [-0.25, -0.2) is 0 Å². The van der Waals surface area contributed by atoms with Gasteiger partial charge in [0.15, 0.2) is 0 Å². The van der Waals surface area contributed by atoms with E-state index in [1.54, 1.807) is 0 Å². The summed E-state index contributed by atoms with van der Waals surface area (Å²) in [4.78, 5) is 7.15. The Kier molecular flexibility index (Phi) is 4.60. The number of aryl methyl sites for hydroxylation is 1. The Hall–Kier alpha value is -0.930. The summed E-state index contributed by atoms with van der Waals surface area (Å²) in [6.07, 6.45) is 9.42. The van der Waals surface area contributed by atoms with Crippen LogP contribution < -0.4 is 0 Å². The topological polar surface area (TPSA) is 36.4 Å². The summed E-state index contributed by atoms with van der Waals surface area (Å²) in [5, 5.41) is 11.3. The summed E-state index contributed by atoms with van der Waals surface area (Å²) in [6, 6.07) is 4.22. The molecular weight excluding hydrogens is 260 g/mol. The van der Waals surface area contributed by atoms with Crippen LogP contribution in [0.5, 0.6) is 0 Å². The highest BCUT2D eigenvalue weighted by atomic mass is 16.3. The van der Waals surface area contributed by atoms with Crippen LogP contribution in [0.4, 0.5) is 0 Å². The van der Waals surface area contributed by atoms with Crippen LogP contribution in [0.1, 0.15) is 62.6 Å². The van der Waals surface area contributed by atoms with E-state index in [0.717, 1.165) is 51.7 Å². The van der Waals surface area contributed by atoms with Gasteiger partial charge in [-0.2, -0.15) is 0 Å².